The number of hydrogen-bond acceptors (Lipinski definition) is 1. The number of allylic oxidation sites excluding steroid dienone is 1. The van der Waals surface area contributed by atoms with Gasteiger partial charge in [0, 0.05) is 6.42 Å². The molecule has 0 aromatic rings. The third kappa shape index (κ3) is 7.21. The Balaban J connectivity index is 3.05. The molecule has 0 spiro atoms. The van der Waals surface area contributed by atoms with Crippen molar-refractivity contribution in [3.05, 3.63) is 17.9 Å². The fraction of sp³-hybridized carbons (Fsp3) is 0.625. The molecule has 0 unspecified atom stereocenters. The van der Waals surface area contributed by atoms with E-state index in [1.165, 1.54) is 7.05 Å². The maximum Gasteiger partial charge on any atom is 0.150 e. The summed E-state index contributed by atoms with van der Waals surface area (Å²) in [6.45, 7) is 3.61. The van der Waals surface area contributed by atoms with Crippen molar-refractivity contribution in [2.24, 2.45) is 0 Å². The number of nitrogens with zero attached hydrogens (tertiary/aromatic N) is 1. The number of hydroxylamine groups is 1. The van der Waals surface area contributed by atoms with Gasteiger partial charge in [-0.25, -0.2) is 4.74 Å². The van der Waals surface area contributed by atoms with Crippen molar-refractivity contribution in [2.45, 2.75) is 25.7 Å². The SMILES string of the molecule is C=CCCCC/C=[N+](/C)[O-]. The molecule has 0 heterocycles. The van der Waals surface area contributed by atoms with Crippen LogP contribution in [0.25, 0.3) is 0 Å². The predicted octanol–water partition coefficient (Wildman–Crippen LogP) is 1.94. The van der Waals surface area contributed by atoms with Crippen LogP contribution in [-0.4, -0.2) is 18.0 Å². The first-order chi connectivity index (χ1) is 4.77. The minimum Gasteiger partial charge on any atom is -0.624 e. The summed E-state index contributed by atoms with van der Waals surface area (Å²) in [5.41, 5.74) is 0. The summed E-state index contributed by atoms with van der Waals surface area (Å²) >= 11 is 0. The molecule has 2 heteroatoms. The Hall–Kier alpha value is -0.790. The molecule has 10 heavy (non-hydrogen) atoms. The summed E-state index contributed by atoms with van der Waals surface area (Å²) in [6, 6.07) is 0. The van der Waals surface area contributed by atoms with Crippen molar-refractivity contribution in [1.82, 2.24) is 0 Å². The largest absolute Gasteiger partial charge is 0.624 e. The topological polar surface area (TPSA) is 26.1 Å². The van der Waals surface area contributed by atoms with E-state index < -0.39 is 0 Å². The molecule has 0 saturated carbocycles. The normalized spacial score (nSPS) is 11.5. The summed E-state index contributed by atoms with van der Waals surface area (Å²) < 4.78 is 0.855. The van der Waals surface area contributed by atoms with E-state index in [1.54, 1.807) is 6.21 Å². The molecule has 0 aromatic carbocycles. The highest BCUT2D eigenvalue weighted by molar-refractivity contribution is 5.50. The molecule has 0 aliphatic carbocycles. The zero-order valence-electron chi connectivity index (χ0n) is 6.55. The highest BCUT2D eigenvalue weighted by atomic mass is 16.5. The fourth-order valence-electron chi connectivity index (χ4n) is 0.706. The monoisotopic (exact) mass is 141 g/mol. The first kappa shape index (κ1) is 9.21. The molecule has 0 radical (unpaired) electrons. The molecule has 0 fully saturated rings. The summed E-state index contributed by atoms with van der Waals surface area (Å²) in [5.74, 6) is 0. The average molecular weight is 141 g/mol. The zero-order valence-corrected chi connectivity index (χ0v) is 6.55. The molecular weight excluding hydrogens is 126 g/mol. The van der Waals surface area contributed by atoms with Gasteiger partial charge in [0.1, 0.15) is 7.05 Å². The third-order valence-electron chi connectivity index (χ3n) is 1.25. The third-order valence-corrected chi connectivity index (χ3v) is 1.25. The van der Waals surface area contributed by atoms with Crippen LogP contribution in [0, 0.1) is 5.21 Å². The van der Waals surface area contributed by atoms with Crippen LogP contribution in [0.3, 0.4) is 0 Å². The first-order valence-electron chi connectivity index (χ1n) is 3.61. The Labute approximate surface area is 62.5 Å². The van der Waals surface area contributed by atoms with Gasteiger partial charge in [0.15, 0.2) is 6.21 Å². The van der Waals surface area contributed by atoms with E-state index in [2.05, 4.69) is 6.58 Å². The number of hydrogen-bond donors (Lipinski definition) is 0. The van der Waals surface area contributed by atoms with E-state index >= 15 is 0 Å². The fourth-order valence-corrected chi connectivity index (χ4v) is 0.706. The van der Waals surface area contributed by atoms with Crippen LogP contribution in [0.2, 0.25) is 0 Å². The Morgan fingerprint density at radius 1 is 1.40 bits per heavy atom. The minimum absolute atomic E-state index is 0.855. The highest BCUT2D eigenvalue weighted by Gasteiger charge is 1.85. The standard InChI is InChI=1S/C8H15NO/c1-3-4-5-6-7-8-9(2)10/h3,8H,1,4-7H2,2H3/b9-8-. The van der Waals surface area contributed by atoms with Gasteiger partial charge >= 0.3 is 0 Å². The lowest BCUT2D eigenvalue weighted by Gasteiger charge is -1.94. The van der Waals surface area contributed by atoms with Crippen molar-refractivity contribution in [2.75, 3.05) is 7.05 Å². The lowest BCUT2D eigenvalue weighted by molar-refractivity contribution is -0.418. The average Bonchev–Trinajstić information content (AvgIpc) is 1.87. The maximum atomic E-state index is 10.3. The van der Waals surface area contributed by atoms with E-state index in [0.717, 1.165) is 30.4 Å². The van der Waals surface area contributed by atoms with E-state index in [0.29, 0.717) is 0 Å². The van der Waals surface area contributed by atoms with Gasteiger partial charge in [0.25, 0.3) is 0 Å². The van der Waals surface area contributed by atoms with Crippen molar-refractivity contribution < 1.29 is 4.74 Å². The van der Waals surface area contributed by atoms with Crippen LogP contribution in [0.15, 0.2) is 12.7 Å². The molecule has 2 nitrogen and oxygen atoms in total. The lowest BCUT2D eigenvalue weighted by atomic mass is 10.2. The van der Waals surface area contributed by atoms with E-state index in [4.69, 9.17) is 0 Å². The van der Waals surface area contributed by atoms with E-state index in [9.17, 15) is 5.21 Å². The Morgan fingerprint density at radius 2 is 2.00 bits per heavy atom. The van der Waals surface area contributed by atoms with Gasteiger partial charge in [-0.3, -0.25) is 0 Å². The van der Waals surface area contributed by atoms with Crippen molar-refractivity contribution in [1.29, 1.82) is 0 Å². The van der Waals surface area contributed by atoms with Gasteiger partial charge in [-0.1, -0.05) is 6.08 Å². The van der Waals surface area contributed by atoms with Crippen LogP contribution in [-0.2, 0) is 0 Å². The summed E-state index contributed by atoms with van der Waals surface area (Å²) in [6.07, 6.45) is 7.71. The molecule has 0 saturated heterocycles. The van der Waals surface area contributed by atoms with Crippen LogP contribution in [0.4, 0.5) is 0 Å². The van der Waals surface area contributed by atoms with Gasteiger partial charge in [-0.15, -0.1) is 6.58 Å². The smallest absolute Gasteiger partial charge is 0.150 e. The Kier molecular flexibility index (Phi) is 5.83. The molecule has 0 atom stereocenters. The Bertz CT molecular complexity index is 114. The highest BCUT2D eigenvalue weighted by Crippen LogP contribution is 1.97. The number of rotatable bonds is 5. The zero-order chi connectivity index (χ0) is 7.82. The van der Waals surface area contributed by atoms with Crippen molar-refractivity contribution in [3.63, 3.8) is 0 Å². The van der Waals surface area contributed by atoms with Gasteiger partial charge in [0.2, 0.25) is 0 Å². The van der Waals surface area contributed by atoms with Crippen LogP contribution in [0.1, 0.15) is 25.7 Å². The molecule has 0 aliphatic rings. The van der Waals surface area contributed by atoms with Crippen LogP contribution >= 0.6 is 0 Å². The molecule has 0 N–H and O–H groups in total. The Morgan fingerprint density at radius 3 is 2.50 bits per heavy atom. The van der Waals surface area contributed by atoms with Crippen molar-refractivity contribution in [3.8, 4) is 0 Å². The maximum absolute atomic E-state index is 10.3. The second kappa shape index (κ2) is 6.33. The molecule has 0 amide bonds. The van der Waals surface area contributed by atoms with Gasteiger partial charge < -0.3 is 5.21 Å². The summed E-state index contributed by atoms with van der Waals surface area (Å²) in [4.78, 5) is 0. The van der Waals surface area contributed by atoms with Gasteiger partial charge in [-0.05, 0) is 19.3 Å². The molecular formula is C8H15NO. The molecule has 0 bridgehead atoms. The predicted molar refractivity (Wildman–Crippen MR) is 44.3 cm³/mol. The molecule has 0 aromatic heterocycles. The lowest BCUT2D eigenvalue weighted by Crippen LogP contribution is -1.95. The van der Waals surface area contributed by atoms with Gasteiger partial charge in [0.05, 0.1) is 0 Å². The molecule has 0 rings (SSSR count). The molecule has 0 aliphatic heterocycles. The second-order valence-corrected chi connectivity index (χ2v) is 2.30. The second-order valence-electron chi connectivity index (χ2n) is 2.30. The first-order valence-corrected chi connectivity index (χ1v) is 3.61. The molecule has 58 valence electrons. The quantitative estimate of drug-likeness (QED) is 0.143. The van der Waals surface area contributed by atoms with Crippen LogP contribution in [0.5, 0.6) is 0 Å². The van der Waals surface area contributed by atoms with Crippen molar-refractivity contribution >= 4 is 6.21 Å². The minimum atomic E-state index is 0.855. The van der Waals surface area contributed by atoms with Gasteiger partial charge in [-0.2, -0.15) is 0 Å². The van der Waals surface area contributed by atoms with E-state index in [-0.39, 0.29) is 0 Å². The summed E-state index contributed by atoms with van der Waals surface area (Å²) in [7, 11) is 1.51. The van der Waals surface area contributed by atoms with Crippen LogP contribution < -0.4 is 0 Å². The van der Waals surface area contributed by atoms with E-state index in [1.807, 2.05) is 6.08 Å². The number of unbranched alkanes of at least 4 members (excludes halogenated alkanes) is 3. The summed E-state index contributed by atoms with van der Waals surface area (Å²) in [5, 5.41) is 10.3.